The van der Waals surface area contributed by atoms with E-state index >= 15 is 0 Å². The van der Waals surface area contributed by atoms with Crippen LogP contribution in [0.2, 0.25) is 0 Å². The first-order valence-electron chi connectivity index (χ1n) is 6.12. The van der Waals surface area contributed by atoms with Crippen LogP contribution in [-0.4, -0.2) is 24.5 Å². The summed E-state index contributed by atoms with van der Waals surface area (Å²) >= 11 is 1.22. The number of imide groups is 1. The predicted molar refractivity (Wildman–Crippen MR) is 76.9 cm³/mol. The Morgan fingerprint density at radius 2 is 1.95 bits per heavy atom. The maximum absolute atomic E-state index is 11.9. The van der Waals surface area contributed by atoms with Gasteiger partial charge in [-0.2, -0.15) is 0 Å². The second-order valence-electron chi connectivity index (χ2n) is 5.04. The number of hydrogen-bond acceptors (Lipinski definition) is 5. The molecule has 0 unspecified atom stereocenters. The summed E-state index contributed by atoms with van der Waals surface area (Å²) in [5.74, 6) is -0.806. The molecule has 0 aliphatic carbocycles. The fourth-order valence-electron chi connectivity index (χ4n) is 1.20. The molecule has 3 amide bonds. The van der Waals surface area contributed by atoms with Gasteiger partial charge >= 0.3 is 6.09 Å². The van der Waals surface area contributed by atoms with Gasteiger partial charge in [-0.25, -0.2) is 4.79 Å². The van der Waals surface area contributed by atoms with Crippen LogP contribution in [-0.2, 0) is 9.53 Å². The van der Waals surface area contributed by atoms with Crippen LogP contribution in [0, 0.1) is 5.41 Å². The third-order valence-electron chi connectivity index (χ3n) is 2.31. The van der Waals surface area contributed by atoms with Gasteiger partial charge in [0.2, 0.25) is 5.91 Å². The van der Waals surface area contributed by atoms with Crippen molar-refractivity contribution in [2.45, 2.75) is 27.7 Å². The van der Waals surface area contributed by atoms with E-state index in [2.05, 4.69) is 15.4 Å². The predicted octanol–water partition coefficient (Wildman–Crippen LogP) is 2.62. The average Bonchev–Trinajstić information content (AvgIpc) is 2.76. The minimum Gasteiger partial charge on any atom is -0.450 e. The molecule has 0 fully saturated rings. The molecule has 1 aromatic rings. The highest BCUT2D eigenvalue weighted by Gasteiger charge is 2.24. The summed E-state index contributed by atoms with van der Waals surface area (Å²) < 4.78 is 4.63. The zero-order valence-electron chi connectivity index (χ0n) is 11.9. The molecule has 2 N–H and O–H groups in total. The van der Waals surface area contributed by atoms with Crippen molar-refractivity contribution in [3.63, 3.8) is 0 Å². The summed E-state index contributed by atoms with van der Waals surface area (Å²) in [6, 6.07) is 1.54. The summed E-state index contributed by atoms with van der Waals surface area (Å²) in [4.78, 5) is 35.0. The molecule has 1 aromatic heterocycles. The Bertz CT molecular complexity index is 517. The quantitative estimate of drug-likeness (QED) is 0.898. The van der Waals surface area contributed by atoms with Crippen LogP contribution in [0.5, 0.6) is 0 Å². The van der Waals surface area contributed by atoms with Crippen LogP contribution in [0.15, 0.2) is 11.4 Å². The number of carbonyl (C=O) groups excluding carboxylic acids is 3. The lowest BCUT2D eigenvalue weighted by atomic mass is 9.96. The SMILES string of the molecule is CCOC(=O)NC(=O)c1ccsc1NC(=O)C(C)(C)C. The lowest BCUT2D eigenvalue weighted by Crippen LogP contribution is -2.32. The minimum atomic E-state index is -0.809. The van der Waals surface area contributed by atoms with E-state index in [0.29, 0.717) is 5.00 Å². The molecule has 0 spiro atoms. The summed E-state index contributed by atoms with van der Waals surface area (Å²) in [6.07, 6.45) is -0.809. The van der Waals surface area contributed by atoms with E-state index in [0.717, 1.165) is 0 Å². The Balaban J connectivity index is 2.79. The van der Waals surface area contributed by atoms with Crippen molar-refractivity contribution in [2.24, 2.45) is 5.41 Å². The van der Waals surface area contributed by atoms with E-state index in [9.17, 15) is 14.4 Å². The molecule has 7 heteroatoms. The highest BCUT2D eigenvalue weighted by Crippen LogP contribution is 2.25. The molecule has 1 rings (SSSR count). The highest BCUT2D eigenvalue weighted by atomic mass is 32.1. The van der Waals surface area contributed by atoms with Gasteiger partial charge in [0, 0.05) is 5.41 Å². The Morgan fingerprint density at radius 3 is 2.50 bits per heavy atom. The maximum atomic E-state index is 11.9. The number of thiophene rings is 1. The molecule has 0 aromatic carbocycles. The van der Waals surface area contributed by atoms with Gasteiger partial charge in [-0.1, -0.05) is 20.8 Å². The van der Waals surface area contributed by atoms with Crippen LogP contribution in [0.3, 0.4) is 0 Å². The van der Waals surface area contributed by atoms with Gasteiger partial charge < -0.3 is 10.1 Å². The van der Waals surface area contributed by atoms with Crippen molar-refractivity contribution >= 4 is 34.2 Å². The normalized spacial score (nSPS) is 10.8. The molecular weight excluding hydrogens is 280 g/mol. The Kier molecular flexibility index (Phi) is 5.26. The number of nitrogens with one attached hydrogen (secondary N) is 2. The van der Waals surface area contributed by atoms with Gasteiger partial charge in [-0.05, 0) is 18.4 Å². The number of anilines is 1. The van der Waals surface area contributed by atoms with Gasteiger partial charge in [0.15, 0.2) is 0 Å². The van der Waals surface area contributed by atoms with Crippen LogP contribution < -0.4 is 10.6 Å². The summed E-state index contributed by atoms with van der Waals surface area (Å²) in [7, 11) is 0. The molecule has 0 bridgehead atoms. The average molecular weight is 298 g/mol. The highest BCUT2D eigenvalue weighted by molar-refractivity contribution is 7.14. The maximum Gasteiger partial charge on any atom is 0.414 e. The van der Waals surface area contributed by atoms with E-state index in [1.165, 1.54) is 17.4 Å². The van der Waals surface area contributed by atoms with Gasteiger partial charge in [0.1, 0.15) is 5.00 Å². The molecule has 20 heavy (non-hydrogen) atoms. The number of carbonyl (C=O) groups is 3. The zero-order chi connectivity index (χ0) is 15.3. The van der Waals surface area contributed by atoms with Crippen molar-refractivity contribution in [1.29, 1.82) is 0 Å². The fraction of sp³-hybridized carbons (Fsp3) is 0.462. The zero-order valence-corrected chi connectivity index (χ0v) is 12.7. The van der Waals surface area contributed by atoms with E-state index in [4.69, 9.17) is 0 Å². The number of hydrogen-bond donors (Lipinski definition) is 2. The van der Waals surface area contributed by atoms with Crippen molar-refractivity contribution < 1.29 is 19.1 Å². The number of ether oxygens (including phenoxy) is 1. The lowest BCUT2D eigenvalue weighted by Gasteiger charge is -2.17. The third kappa shape index (κ3) is 4.34. The Morgan fingerprint density at radius 1 is 1.30 bits per heavy atom. The fourth-order valence-corrected chi connectivity index (χ4v) is 1.98. The first-order chi connectivity index (χ1) is 9.25. The van der Waals surface area contributed by atoms with E-state index in [-0.39, 0.29) is 18.1 Å². The van der Waals surface area contributed by atoms with Gasteiger partial charge in [0.05, 0.1) is 12.2 Å². The molecule has 0 atom stereocenters. The second kappa shape index (κ2) is 6.51. The van der Waals surface area contributed by atoms with E-state index < -0.39 is 17.4 Å². The standard InChI is InChI=1S/C13H18N2O4S/c1-5-19-12(18)14-9(16)8-6-7-20-10(8)15-11(17)13(2,3)4/h6-7H,5H2,1-4H3,(H,15,17)(H,14,16,18). The minimum absolute atomic E-state index is 0.177. The van der Waals surface area contributed by atoms with Crippen molar-refractivity contribution in [3.05, 3.63) is 17.0 Å². The van der Waals surface area contributed by atoms with Crippen molar-refractivity contribution in [3.8, 4) is 0 Å². The molecule has 0 saturated heterocycles. The summed E-state index contributed by atoms with van der Waals surface area (Å²) in [5.41, 5.74) is -0.334. The van der Waals surface area contributed by atoms with Crippen LogP contribution in [0.4, 0.5) is 9.80 Å². The second-order valence-corrected chi connectivity index (χ2v) is 5.96. The number of alkyl carbamates (subject to hydrolysis) is 1. The van der Waals surface area contributed by atoms with Gasteiger partial charge in [-0.3, -0.25) is 14.9 Å². The molecule has 1 heterocycles. The molecule has 0 aliphatic rings. The smallest absolute Gasteiger partial charge is 0.414 e. The van der Waals surface area contributed by atoms with Crippen LogP contribution >= 0.6 is 11.3 Å². The molecule has 0 aliphatic heterocycles. The lowest BCUT2D eigenvalue weighted by molar-refractivity contribution is -0.123. The molecule has 0 radical (unpaired) electrons. The Hall–Kier alpha value is -1.89. The van der Waals surface area contributed by atoms with Crippen molar-refractivity contribution in [2.75, 3.05) is 11.9 Å². The topological polar surface area (TPSA) is 84.5 Å². The summed E-state index contributed by atoms with van der Waals surface area (Å²) in [6.45, 7) is 7.14. The van der Waals surface area contributed by atoms with Crippen LogP contribution in [0.25, 0.3) is 0 Å². The molecular formula is C13H18N2O4S. The largest absolute Gasteiger partial charge is 0.450 e. The third-order valence-corrected chi connectivity index (χ3v) is 3.14. The van der Waals surface area contributed by atoms with E-state index in [1.54, 1.807) is 33.1 Å². The van der Waals surface area contributed by atoms with Crippen molar-refractivity contribution in [1.82, 2.24) is 5.32 Å². The molecule has 6 nitrogen and oxygen atoms in total. The monoisotopic (exact) mass is 298 g/mol. The molecule has 0 saturated carbocycles. The van der Waals surface area contributed by atoms with Crippen LogP contribution in [0.1, 0.15) is 38.1 Å². The number of amides is 3. The number of rotatable bonds is 3. The van der Waals surface area contributed by atoms with E-state index in [1.807, 2.05) is 0 Å². The Labute approximate surface area is 121 Å². The summed E-state index contributed by atoms with van der Waals surface area (Å²) in [5, 5.41) is 6.85. The van der Waals surface area contributed by atoms with Gasteiger partial charge in [0.25, 0.3) is 5.91 Å². The molecule has 110 valence electrons. The van der Waals surface area contributed by atoms with Gasteiger partial charge in [-0.15, -0.1) is 11.3 Å². The first-order valence-corrected chi connectivity index (χ1v) is 7.00. The first kappa shape index (κ1) is 16.2.